The van der Waals surface area contributed by atoms with Crippen LogP contribution in [0, 0.1) is 0 Å². The Balaban J connectivity index is 1.71. The fourth-order valence-electron chi connectivity index (χ4n) is 1.84. The highest BCUT2D eigenvalue weighted by molar-refractivity contribution is 7.10. The summed E-state index contributed by atoms with van der Waals surface area (Å²) in [6.07, 6.45) is 1.11. The van der Waals surface area contributed by atoms with Crippen LogP contribution in [0.25, 0.3) is 0 Å². The first-order chi connectivity index (χ1) is 7.42. The summed E-state index contributed by atoms with van der Waals surface area (Å²) in [4.78, 5) is 1.45. The van der Waals surface area contributed by atoms with Crippen LogP contribution >= 0.6 is 22.7 Å². The zero-order valence-electron chi connectivity index (χ0n) is 8.19. The van der Waals surface area contributed by atoms with Crippen molar-refractivity contribution in [3.05, 3.63) is 33.2 Å². The Morgan fingerprint density at radius 1 is 1.33 bits per heavy atom. The minimum atomic E-state index is 0.519. The Bertz CT molecular complexity index is 433. The Morgan fingerprint density at radius 3 is 3.13 bits per heavy atom. The Morgan fingerprint density at radius 2 is 2.27 bits per heavy atom. The van der Waals surface area contributed by atoms with Gasteiger partial charge in [-0.1, -0.05) is 6.07 Å². The molecule has 1 aliphatic heterocycles. The average Bonchev–Trinajstić information content (AvgIpc) is 2.87. The molecule has 0 saturated carbocycles. The van der Waals surface area contributed by atoms with Crippen LogP contribution in [0.1, 0.15) is 4.88 Å². The molecule has 15 heavy (non-hydrogen) atoms. The molecule has 78 valence electrons. The molecule has 3 rings (SSSR count). The number of anilines is 2. The first-order valence-electron chi connectivity index (χ1n) is 5.01. The third kappa shape index (κ3) is 1.87. The van der Waals surface area contributed by atoms with Crippen molar-refractivity contribution >= 4 is 34.0 Å². The molecule has 2 N–H and O–H groups in total. The van der Waals surface area contributed by atoms with Gasteiger partial charge in [0.1, 0.15) is 0 Å². The van der Waals surface area contributed by atoms with Gasteiger partial charge in [-0.25, -0.2) is 0 Å². The van der Waals surface area contributed by atoms with E-state index >= 15 is 0 Å². The van der Waals surface area contributed by atoms with Gasteiger partial charge in [0.25, 0.3) is 0 Å². The standard InChI is InChI=1S/C11H12N2S2/c1-2-9(15-3-1)4-8-5-12-10-6-14-7-11(10)13-8/h1-3,6-8,12-13H,4-5H2. The molecule has 1 unspecified atom stereocenters. The zero-order chi connectivity index (χ0) is 10.1. The molecule has 0 saturated heterocycles. The largest absolute Gasteiger partial charge is 0.381 e. The van der Waals surface area contributed by atoms with Crippen LogP contribution in [0.4, 0.5) is 11.4 Å². The number of nitrogens with one attached hydrogen (secondary N) is 2. The minimum absolute atomic E-state index is 0.519. The normalized spacial score (nSPS) is 19.1. The quantitative estimate of drug-likeness (QED) is 0.836. The highest BCUT2D eigenvalue weighted by Crippen LogP contribution is 2.30. The average molecular weight is 236 g/mol. The summed E-state index contributed by atoms with van der Waals surface area (Å²) in [6.45, 7) is 1.02. The van der Waals surface area contributed by atoms with Gasteiger partial charge >= 0.3 is 0 Å². The zero-order valence-corrected chi connectivity index (χ0v) is 9.83. The van der Waals surface area contributed by atoms with E-state index in [1.54, 1.807) is 11.3 Å². The van der Waals surface area contributed by atoms with Gasteiger partial charge < -0.3 is 10.6 Å². The van der Waals surface area contributed by atoms with Crippen molar-refractivity contribution in [3.63, 3.8) is 0 Å². The molecule has 3 heterocycles. The van der Waals surface area contributed by atoms with Crippen LogP contribution in [-0.4, -0.2) is 12.6 Å². The van der Waals surface area contributed by atoms with E-state index in [2.05, 4.69) is 38.9 Å². The number of fused-ring (bicyclic) bond motifs is 1. The van der Waals surface area contributed by atoms with Gasteiger partial charge in [-0.05, 0) is 11.4 Å². The van der Waals surface area contributed by atoms with Crippen molar-refractivity contribution < 1.29 is 0 Å². The van der Waals surface area contributed by atoms with E-state index in [9.17, 15) is 0 Å². The van der Waals surface area contributed by atoms with Crippen molar-refractivity contribution in [1.82, 2.24) is 0 Å². The molecule has 1 aliphatic rings. The highest BCUT2D eigenvalue weighted by Gasteiger charge is 2.17. The third-order valence-electron chi connectivity index (χ3n) is 2.59. The Labute approximate surface area is 97.0 Å². The lowest BCUT2D eigenvalue weighted by atomic mass is 10.1. The van der Waals surface area contributed by atoms with Crippen LogP contribution in [0.3, 0.4) is 0 Å². The van der Waals surface area contributed by atoms with Crippen LogP contribution in [0.2, 0.25) is 0 Å². The van der Waals surface area contributed by atoms with Crippen molar-refractivity contribution in [3.8, 4) is 0 Å². The van der Waals surface area contributed by atoms with E-state index < -0.39 is 0 Å². The van der Waals surface area contributed by atoms with Crippen LogP contribution in [-0.2, 0) is 6.42 Å². The fraction of sp³-hybridized carbons (Fsp3) is 0.273. The fourth-order valence-corrected chi connectivity index (χ4v) is 3.38. The summed E-state index contributed by atoms with van der Waals surface area (Å²) < 4.78 is 0. The maximum absolute atomic E-state index is 3.57. The summed E-state index contributed by atoms with van der Waals surface area (Å²) in [5, 5.41) is 13.5. The molecular weight excluding hydrogens is 224 g/mol. The van der Waals surface area contributed by atoms with E-state index in [0.29, 0.717) is 6.04 Å². The van der Waals surface area contributed by atoms with E-state index in [1.165, 1.54) is 16.3 Å². The lowest BCUT2D eigenvalue weighted by Gasteiger charge is -2.25. The molecule has 0 bridgehead atoms. The molecule has 2 aromatic heterocycles. The summed E-state index contributed by atoms with van der Waals surface area (Å²) in [5.74, 6) is 0. The van der Waals surface area contributed by atoms with Gasteiger partial charge in [0.2, 0.25) is 0 Å². The Hall–Kier alpha value is -1.00. The van der Waals surface area contributed by atoms with Gasteiger partial charge in [-0.3, -0.25) is 0 Å². The van der Waals surface area contributed by atoms with Crippen LogP contribution in [0.5, 0.6) is 0 Å². The number of thiophene rings is 2. The maximum atomic E-state index is 3.57. The van der Waals surface area contributed by atoms with Crippen molar-refractivity contribution in [1.29, 1.82) is 0 Å². The number of rotatable bonds is 2. The molecular formula is C11H12N2S2. The molecule has 0 aliphatic carbocycles. The Kier molecular flexibility index (Phi) is 2.38. The maximum Gasteiger partial charge on any atom is 0.0687 e. The number of hydrogen-bond donors (Lipinski definition) is 2. The predicted octanol–water partition coefficient (Wildman–Crippen LogP) is 3.26. The molecule has 0 aromatic carbocycles. The molecule has 0 fully saturated rings. The van der Waals surface area contributed by atoms with Gasteiger partial charge in [0.15, 0.2) is 0 Å². The molecule has 2 nitrogen and oxygen atoms in total. The first-order valence-corrected chi connectivity index (χ1v) is 6.83. The van der Waals surface area contributed by atoms with E-state index in [0.717, 1.165) is 13.0 Å². The van der Waals surface area contributed by atoms with Gasteiger partial charge in [0.05, 0.1) is 11.4 Å². The van der Waals surface area contributed by atoms with Crippen LogP contribution in [0.15, 0.2) is 28.3 Å². The van der Waals surface area contributed by atoms with Crippen molar-refractivity contribution in [2.45, 2.75) is 12.5 Å². The first kappa shape index (κ1) is 9.24. The highest BCUT2D eigenvalue weighted by atomic mass is 32.1. The SMILES string of the molecule is c1csc(CC2CNc3cscc3N2)c1. The van der Waals surface area contributed by atoms with Crippen molar-refractivity contribution in [2.75, 3.05) is 17.2 Å². The van der Waals surface area contributed by atoms with Crippen LogP contribution < -0.4 is 10.6 Å². The second-order valence-corrected chi connectivity index (χ2v) is 5.48. The smallest absolute Gasteiger partial charge is 0.0687 e. The van der Waals surface area contributed by atoms with Crippen molar-refractivity contribution in [2.24, 2.45) is 0 Å². The third-order valence-corrected chi connectivity index (χ3v) is 4.23. The summed E-state index contributed by atoms with van der Waals surface area (Å²) >= 11 is 3.58. The van der Waals surface area contributed by atoms with Gasteiger partial charge in [-0.2, -0.15) is 0 Å². The second-order valence-electron chi connectivity index (χ2n) is 3.70. The van der Waals surface area contributed by atoms with E-state index in [1.807, 2.05) is 11.3 Å². The lowest BCUT2D eigenvalue weighted by Crippen LogP contribution is -2.33. The molecule has 4 heteroatoms. The monoisotopic (exact) mass is 236 g/mol. The minimum Gasteiger partial charge on any atom is -0.381 e. The summed E-state index contributed by atoms with van der Waals surface area (Å²) in [5.41, 5.74) is 2.51. The lowest BCUT2D eigenvalue weighted by molar-refractivity contribution is 0.743. The molecule has 0 radical (unpaired) electrons. The number of hydrogen-bond acceptors (Lipinski definition) is 4. The van der Waals surface area contributed by atoms with Gasteiger partial charge in [0, 0.05) is 34.6 Å². The summed E-state index contributed by atoms with van der Waals surface area (Å²) in [6, 6.07) is 4.84. The topological polar surface area (TPSA) is 24.1 Å². The van der Waals surface area contributed by atoms with E-state index in [4.69, 9.17) is 0 Å². The predicted molar refractivity (Wildman–Crippen MR) is 68.2 cm³/mol. The molecule has 0 spiro atoms. The second kappa shape index (κ2) is 3.87. The molecule has 0 amide bonds. The van der Waals surface area contributed by atoms with E-state index in [-0.39, 0.29) is 0 Å². The molecule has 2 aromatic rings. The molecule has 1 atom stereocenters. The summed E-state index contributed by atoms with van der Waals surface area (Å²) in [7, 11) is 0. The van der Waals surface area contributed by atoms with Gasteiger partial charge in [-0.15, -0.1) is 22.7 Å².